The summed E-state index contributed by atoms with van der Waals surface area (Å²) >= 11 is 0. The molecule has 12 heteroatoms. The number of nitrogens with one attached hydrogen (secondary N) is 2. The van der Waals surface area contributed by atoms with Gasteiger partial charge in [-0.15, -0.1) is 0 Å². The number of carboxylic acid groups (broad SMARTS) is 1. The Labute approximate surface area is 179 Å². The molecule has 0 spiro atoms. The number of hydrogen-bond donors (Lipinski definition) is 3. The lowest BCUT2D eigenvalue weighted by Gasteiger charge is -2.15. The average molecular weight is 444 g/mol. The van der Waals surface area contributed by atoms with Crippen molar-refractivity contribution in [1.29, 1.82) is 0 Å². The Morgan fingerprint density at radius 3 is 1.71 bits per heavy atom. The molecule has 0 aromatic rings. The van der Waals surface area contributed by atoms with Crippen LogP contribution in [0.25, 0.3) is 0 Å². The number of carboxylic acids is 1. The van der Waals surface area contributed by atoms with Crippen LogP contribution in [0.2, 0.25) is 0 Å². The van der Waals surface area contributed by atoms with E-state index >= 15 is 0 Å². The van der Waals surface area contributed by atoms with E-state index in [2.05, 4.69) is 10.6 Å². The van der Waals surface area contributed by atoms with Crippen LogP contribution in [0.15, 0.2) is 0 Å². The molecule has 3 N–H and O–H groups in total. The van der Waals surface area contributed by atoms with Crippen molar-refractivity contribution in [2.45, 2.75) is 58.4 Å². The van der Waals surface area contributed by atoms with Crippen molar-refractivity contribution >= 4 is 41.3 Å². The molecule has 0 aliphatic heterocycles. The number of rotatable bonds is 16. The van der Waals surface area contributed by atoms with Crippen molar-refractivity contribution in [3.63, 3.8) is 0 Å². The van der Waals surface area contributed by atoms with Crippen LogP contribution in [0, 0.1) is 0 Å². The number of Topliss-reactive ketones (excluding diaryl/α,β-unsaturated/α-hetero) is 2. The minimum absolute atomic E-state index is 0.00600. The molecule has 0 bridgehead atoms. The van der Waals surface area contributed by atoms with Gasteiger partial charge >= 0.3 is 17.9 Å². The second-order valence-electron chi connectivity index (χ2n) is 6.25. The van der Waals surface area contributed by atoms with Crippen LogP contribution in [0.5, 0.6) is 0 Å². The highest BCUT2D eigenvalue weighted by Gasteiger charge is 2.31. The molecule has 0 heterocycles. The van der Waals surface area contributed by atoms with E-state index in [1.165, 1.54) is 13.8 Å². The van der Waals surface area contributed by atoms with Crippen LogP contribution in [0.4, 0.5) is 0 Å². The van der Waals surface area contributed by atoms with Crippen molar-refractivity contribution in [2.24, 2.45) is 0 Å². The molecule has 0 aliphatic rings. The Bertz CT molecular complexity index is 671. The molecule has 0 atom stereocenters. The number of esters is 2. The van der Waals surface area contributed by atoms with Gasteiger partial charge < -0.3 is 25.2 Å². The fraction of sp³-hybridized carbons (Fsp3) is 0.632. The van der Waals surface area contributed by atoms with Crippen molar-refractivity contribution < 1.29 is 48.1 Å². The Morgan fingerprint density at radius 1 is 0.710 bits per heavy atom. The highest BCUT2D eigenvalue weighted by Crippen LogP contribution is 2.00. The number of amides is 2. The Balaban J connectivity index is 4.31. The van der Waals surface area contributed by atoms with Crippen LogP contribution in [0.3, 0.4) is 0 Å². The van der Waals surface area contributed by atoms with E-state index < -0.39 is 41.5 Å². The minimum atomic E-state index is -1.64. The molecular weight excluding hydrogens is 416 g/mol. The first kappa shape index (κ1) is 27.7. The number of aliphatic carboxylic acids is 1. The van der Waals surface area contributed by atoms with Crippen molar-refractivity contribution in [2.75, 3.05) is 19.8 Å². The lowest BCUT2D eigenvalue weighted by molar-refractivity contribution is -0.159. The topological polar surface area (TPSA) is 182 Å². The summed E-state index contributed by atoms with van der Waals surface area (Å²) in [6.45, 7) is 2.68. The maximum Gasteiger partial charge on any atom is 0.340 e. The van der Waals surface area contributed by atoms with Gasteiger partial charge in [-0.1, -0.05) is 0 Å². The van der Waals surface area contributed by atoms with E-state index in [0.717, 1.165) is 0 Å². The Kier molecular flexibility index (Phi) is 13.9. The zero-order valence-electron chi connectivity index (χ0n) is 17.6. The summed E-state index contributed by atoms with van der Waals surface area (Å²) in [5.74, 6) is -5.25. The standard InChI is InChI=1S/C19H28N2O10/c1-3-30-18(28)17(19(29)31-4-2)21-15(25)9-6-13(23)11-20-14(24)8-5-12(22)7-10-16(26)27/h17H,3-11H2,1-2H3,(H,20,24)(H,21,25)(H,26,27). The van der Waals surface area contributed by atoms with Crippen molar-refractivity contribution in [3.05, 3.63) is 0 Å². The second-order valence-corrected chi connectivity index (χ2v) is 6.25. The van der Waals surface area contributed by atoms with Crippen LogP contribution in [-0.2, 0) is 43.0 Å². The fourth-order valence-electron chi connectivity index (χ4n) is 2.15. The molecular formula is C19H28N2O10. The first-order valence-electron chi connectivity index (χ1n) is 9.75. The van der Waals surface area contributed by atoms with Crippen molar-refractivity contribution in [3.8, 4) is 0 Å². The van der Waals surface area contributed by atoms with E-state index in [1.54, 1.807) is 0 Å². The number of carbonyl (C=O) groups is 7. The van der Waals surface area contributed by atoms with Gasteiger partial charge in [0, 0.05) is 32.1 Å². The summed E-state index contributed by atoms with van der Waals surface area (Å²) in [4.78, 5) is 80.8. The smallest absolute Gasteiger partial charge is 0.340 e. The third-order valence-electron chi connectivity index (χ3n) is 3.71. The number of hydrogen-bond acceptors (Lipinski definition) is 9. The highest BCUT2D eigenvalue weighted by atomic mass is 16.6. The van der Waals surface area contributed by atoms with E-state index in [4.69, 9.17) is 14.6 Å². The van der Waals surface area contributed by atoms with E-state index in [0.29, 0.717) is 0 Å². The first-order chi connectivity index (χ1) is 14.6. The van der Waals surface area contributed by atoms with Gasteiger partial charge in [-0.05, 0) is 13.8 Å². The fourth-order valence-corrected chi connectivity index (χ4v) is 2.15. The number of ether oxygens (including phenoxy) is 2. The lowest BCUT2D eigenvalue weighted by Crippen LogP contribution is -2.48. The molecule has 0 rings (SSSR count). The third kappa shape index (κ3) is 13.5. The molecule has 2 amide bonds. The van der Waals surface area contributed by atoms with E-state index in [1.807, 2.05) is 0 Å². The van der Waals surface area contributed by atoms with Crippen LogP contribution < -0.4 is 10.6 Å². The molecule has 0 saturated heterocycles. The van der Waals surface area contributed by atoms with Crippen LogP contribution >= 0.6 is 0 Å². The van der Waals surface area contributed by atoms with Gasteiger partial charge in [0.25, 0.3) is 0 Å². The number of ketones is 2. The van der Waals surface area contributed by atoms with Crippen molar-refractivity contribution in [1.82, 2.24) is 10.6 Å². The van der Waals surface area contributed by atoms with E-state index in [9.17, 15) is 33.6 Å². The normalized spacial score (nSPS) is 10.2. The zero-order valence-corrected chi connectivity index (χ0v) is 17.6. The SMILES string of the molecule is CCOC(=O)C(NC(=O)CCC(=O)CNC(=O)CCC(=O)CCC(=O)O)C(=O)OCC. The van der Waals surface area contributed by atoms with E-state index in [-0.39, 0.29) is 64.1 Å². The van der Waals surface area contributed by atoms with Gasteiger partial charge in [0.05, 0.1) is 26.2 Å². The van der Waals surface area contributed by atoms with Crippen LogP contribution in [0.1, 0.15) is 52.4 Å². The largest absolute Gasteiger partial charge is 0.481 e. The van der Waals surface area contributed by atoms with Gasteiger partial charge in [-0.3, -0.25) is 24.0 Å². The summed E-state index contributed by atoms with van der Waals surface area (Å²) in [6.07, 6.45) is -1.41. The maximum atomic E-state index is 12.0. The molecule has 0 unspecified atom stereocenters. The number of carbonyl (C=O) groups excluding carboxylic acids is 6. The Morgan fingerprint density at radius 2 is 1.19 bits per heavy atom. The minimum Gasteiger partial charge on any atom is -0.481 e. The van der Waals surface area contributed by atoms with Gasteiger partial charge in [0.2, 0.25) is 17.9 Å². The average Bonchev–Trinajstić information content (AvgIpc) is 2.71. The second kappa shape index (κ2) is 15.5. The summed E-state index contributed by atoms with van der Waals surface area (Å²) in [7, 11) is 0. The molecule has 0 saturated carbocycles. The monoisotopic (exact) mass is 444 g/mol. The molecule has 12 nitrogen and oxygen atoms in total. The lowest BCUT2D eigenvalue weighted by atomic mass is 10.1. The highest BCUT2D eigenvalue weighted by molar-refractivity contribution is 6.02. The predicted molar refractivity (Wildman–Crippen MR) is 104 cm³/mol. The Hall–Kier alpha value is -3.31. The summed E-state index contributed by atoms with van der Waals surface area (Å²) < 4.78 is 9.42. The summed E-state index contributed by atoms with van der Waals surface area (Å²) in [5, 5.41) is 12.9. The molecule has 31 heavy (non-hydrogen) atoms. The maximum absolute atomic E-state index is 12.0. The molecule has 0 aromatic heterocycles. The third-order valence-corrected chi connectivity index (χ3v) is 3.71. The zero-order chi connectivity index (χ0) is 23.8. The van der Waals surface area contributed by atoms with Gasteiger partial charge in [0.15, 0.2) is 5.78 Å². The molecule has 0 fully saturated rings. The first-order valence-corrected chi connectivity index (χ1v) is 9.75. The molecule has 174 valence electrons. The van der Waals surface area contributed by atoms with Gasteiger partial charge in [-0.2, -0.15) is 0 Å². The molecule has 0 aromatic carbocycles. The molecule has 0 aliphatic carbocycles. The summed E-state index contributed by atoms with van der Waals surface area (Å²) in [6, 6.07) is -1.64. The van der Waals surface area contributed by atoms with Crippen LogP contribution in [-0.4, -0.2) is 72.2 Å². The van der Waals surface area contributed by atoms with Gasteiger partial charge in [0.1, 0.15) is 5.78 Å². The quantitative estimate of drug-likeness (QED) is 0.203. The van der Waals surface area contributed by atoms with Gasteiger partial charge in [-0.25, -0.2) is 9.59 Å². The summed E-state index contributed by atoms with van der Waals surface area (Å²) in [5.41, 5.74) is 0. The predicted octanol–water partition coefficient (Wildman–Crippen LogP) is -0.723. The molecule has 0 radical (unpaired) electrons.